The van der Waals surface area contributed by atoms with Crippen molar-refractivity contribution < 1.29 is 14.3 Å². The van der Waals surface area contributed by atoms with Crippen molar-refractivity contribution >= 4 is 11.6 Å². The SMILES string of the molecule is COc1ccc(-c2nnc(C(C)(C)O)o2)cc1Cl. The summed E-state index contributed by atoms with van der Waals surface area (Å²) in [5.74, 6) is 1.03. The van der Waals surface area contributed by atoms with Gasteiger partial charge >= 0.3 is 0 Å². The second-order valence-corrected chi connectivity index (χ2v) is 4.73. The molecule has 2 aromatic rings. The number of benzene rings is 1. The molecule has 0 aliphatic carbocycles. The Bertz CT molecular complexity index is 561. The molecule has 1 heterocycles. The summed E-state index contributed by atoms with van der Waals surface area (Å²) in [6, 6.07) is 5.14. The summed E-state index contributed by atoms with van der Waals surface area (Å²) >= 11 is 6.01. The standard InChI is InChI=1S/C12H13ClN2O3/c1-12(2,16)11-15-14-10(18-11)7-4-5-9(17-3)8(13)6-7/h4-6,16H,1-3H3. The molecule has 0 saturated carbocycles. The quantitative estimate of drug-likeness (QED) is 0.927. The van der Waals surface area contributed by atoms with E-state index in [9.17, 15) is 5.11 Å². The Hall–Kier alpha value is -1.59. The normalized spacial score (nSPS) is 11.6. The summed E-state index contributed by atoms with van der Waals surface area (Å²) in [6.45, 7) is 3.15. The van der Waals surface area contributed by atoms with Crippen LogP contribution in [0, 0.1) is 0 Å². The van der Waals surface area contributed by atoms with E-state index in [0.29, 0.717) is 22.2 Å². The second-order valence-electron chi connectivity index (χ2n) is 4.32. The van der Waals surface area contributed by atoms with Crippen molar-refractivity contribution in [1.82, 2.24) is 10.2 Å². The van der Waals surface area contributed by atoms with E-state index < -0.39 is 5.60 Å². The first kappa shape index (κ1) is 12.9. The van der Waals surface area contributed by atoms with Crippen LogP contribution in [0.5, 0.6) is 5.75 Å². The molecule has 18 heavy (non-hydrogen) atoms. The van der Waals surface area contributed by atoms with Crippen LogP contribution in [-0.4, -0.2) is 22.4 Å². The van der Waals surface area contributed by atoms with Gasteiger partial charge in [0, 0.05) is 5.56 Å². The number of ether oxygens (including phenoxy) is 1. The number of methoxy groups -OCH3 is 1. The number of aromatic nitrogens is 2. The number of hydrogen-bond donors (Lipinski definition) is 1. The van der Waals surface area contributed by atoms with E-state index in [1.54, 1.807) is 39.2 Å². The molecule has 5 nitrogen and oxygen atoms in total. The highest BCUT2D eigenvalue weighted by Crippen LogP contribution is 2.30. The predicted molar refractivity (Wildman–Crippen MR) is 66.5 cm³/mol. The number of halogens is 1. The summed E-state index contributed by atoms with van der Waals surface area (Å²) in [4.78, 5) is 0. The minimum atomic E-state index is -1.17. The van der Waals surface area contributed by atoms with Crippen LogP contribution in [-0.2, 0) is 5.60 Å². The molecule has 0 aliphatic heterocycles. The molecular formula is C12H13ClN2O3. The van der Waals surface area contributed by atoms with E-state index in [2.05, 4.69) is 10.2 Å². The van der Waals surface area contributed by atoms with E-state index in [1.165, 1.54) is 0 Å². The molecule has 0 bridgehead atoms. The Labute approximate surface area is 109 Å². The van der Waals surface area contributed by atoms with Crippen LogP contribution >= 0.6 is 11.6 Å². The summed E-state index contributed by atoms with van der Waals surface area (Å²) in [6.07, 6.45) is 0. The van der Waals surface area contributed by atoms with Crippen molar-refractivity contribution in [3.05, 3.63) is 29.1 Å². The van der Waals surface area contributed by atoms with E-state index >= 15 is 0 Å². The van der Waals surface area contributed by atoms with Crippen molar-refractivity contribution in [3.8, 4) is 17.2 Å². The summed E-state index contributed by atoms with van der Waals surface area (Å²) in [5, 5.41) is 17.9. The van der Waals surface area contributed by atoms with Crippen LogP contribution in [0.1, 0.15) is 19.7 Å². The lowest BCUT2D eigenvalue weighted by molar-refractivity contribution is 0.0488. The molecule has 0 radical (unpaired) electrons. The Kier molecular flexibility index (Phi) is 3.28. The summed E-state index contributed by atoms with van der Waals surface area (Å²) < 4.78 is 10.4. The third-order valence-electron chi connectivity index (χ3n) is 2.35. The molecular weight excluding hydrogens is 256 g/mol. The van der Waals surface area contributed by atoms with Crippen LogP contribution in [0.3, 0.4) is 0 Å². The van der Waals surface area contributed by atoms with Crippen LogP contribution in [0.15, 0.2) is 22.6 Å². The minimum absolute atomic E-state index is 0.157. The van der Waals surface area contributed by atoms with Gasteiger partial charge in [-0.05, 0) is 32.0 Å². The molecule has 0 unspecified atom stereocenters. The van der Waals surface area contributed by atoms with Gasteiger partial charge in [0.25, 0.3) is 0 Å². The van der Waals surface area contributed by atoms with Crippen LogP contribution in [0.2, 0.25) is 5.02 Å². The van der Waals surface area contributed by atoms with Crippen molar-refractivity contribution in [2.24, 2.45) is 0 Å². The molecule has 0 fully saturated rings. The highest BCUT2D eigenvalue weighted by molar-refractivity contribution is 6.32. The first-order valence-electron chi connectivity index (χ1n) is 5.32. The van der Waals surface area contributed by atoms with Crippen LogP contribution < -0.4 is 4.74 Å². The van der Waals surface area contributed by atoms with E-state index in [4.69, 9.17) is 20.8 Å². The van der Waals surface area contributed by atoms with Gasteiger partial charge in [0.2, 0.25) is 11.8 Å². The average molecular weight is 269 g/mol. The van der Waals surface area contributed by atoms with Gasteiger partial charge in [-0.2, -0.15) is 0 Å². The maximum atomic E-state index is 9.74. The second kappa shape index (κ2) is 4.59. The van der Waals surface area contributed by atoms with Crippen LogP contribution in [0.4, 0.5) is 0 Å². The van der Waals surface area contributed by atoms with Crippen molar-refractivity contribution in [1.29, 1.82) is 0 Å². The lowest BCUT2D eigenvalue weighted by atomic mass is 10.1. The van der Waals surface area contributed by atoms with Gasteiger partial charge in [-0.3, -0.25) is 0 Å². The zero-order valence-corrected chi connectivity index (χ0v) is 11.0. The molecule has 1 aromatic carbocycles. The third-order valence-corrected chi connectivity index (χ3v) is 2.64. The zero-order chi connectivity index (χ0) is 13.3. The van der Waals surface area contributed by atoms with Crippen LogP contribution in [0.25, 0.3) is 11.5 Å². The molecule has 0 aliphatic rings. The van der Waals surface area contributed by atoms with Crippen molar-refractivity contribution in [2.75, 3.05) is 7.11 Å². The molecule has 0 amide bonds. The predicted octanol–water partition coefficient (Wildman–Crippen LogP) is 2.63. The third kappa shape index (κ3) is 2.47. The number of rotatable bonds is 3. The molecule has 0 atom stereocenters. The summed E-state index contributed by atoms with van der Waals surface area (Å²) in [7, 11) is 1.54. The molecule has 0 spiro atoms. The topological polar surface area (TPSA) is 68.4 Å². The summed E-state index contributed by atoms with van der Waals surface area (Å²) in [5.41, 5.74) is -0.495. The highest BCUT2D eigenvalue weighted by atomic mass is 35.5. The van der Waals surface area contributed by atoms with Gasteiger partial charge in [-0.25, -0.2) is 0 Å². The first-order chi connectivity index (χ1) is 8.41. The molecule has 1 N–H and O–H groups in total. The monoisotopic (exact) mass is 268 g/mol. The van der Waals surface area contributed by atoms with Gasteiger partial charge in [-0.15, -0.1) is 10.2 Å². The van der Waals surface area contributed by atoms with E-state index in [-0.39, 0.29) is 5.89 Å². The number of nitrogens with zero attached hydrogens (tertiary/aromatic N) is 2. The Balaban J connectivity index is 2.38. The smallest absolute Gasteiger partial charge is 0.247 e. The maximum absolute atomic E-state index is 9.74. The van der Waals surface area contributed by atoms with Gasteiger partial charge < -0.3 is 14.3 Å². The molecule has 1 aromatic heterocycles. The maximum Gasteiger partial charge on any atom is 0.247 e. The zero-order valence-electron chi connectivity index (χ0n) is 10.3. The fourth-order valence-electron chi connectivity index (χ4n) is 1.39. The molecule has 6 heteroatoms. The first-order valence-corrected chi connectivity index (χ1v) is 5.70. The van der Waals surface area contributed by atoms with Gasteiger partial charge in [0.15, 0.2) is 0 Å². The lowest BCUT2D eigenvalue weighted by Crippen LogP contribution is -2.15. The Morgan fingerprint density at radius 2 is 2.06 bits per heavy atom. The fraction of sp³-hybridized carbons (Fsp3) is 0.333. The number of hydrogen-bond acceptors (Lipinski definition) is 5. The fourth-order valence-corrected chi connectivity index (χ4v) is 1.64. The Morgan fingerprint density at radius 3 is 2.56 bits per heavy atom. The van der Waals surface area contributed by atoms with E-state index in [1.807, 2.05) is 0 Å². The van der Waals surface area contributed by atoms with Gasteiger partial charge in [-0.1, -0.05) is 11.6 Å². The van der Waals surface area contributed by atoms with E-state index in [0.717, 1.165) is 0 Å². The minimum Gasteiger partial charge on any atom is -0.495 e. The highest BCUT2D eigenvalue weighted by Gasteiger charge is 2.24. The molecule has 0 saturated heterocycles. The van der Waals surface area contributed by atoms with Gasteiger partial charge in [0.05, 0.1) is 12.1 Å². The largest absolute Gasteiger partial charge is 0.495 e. The molecule has 96 valence electrons. The Morgan fingerprint density at radius 1 is 1.33 bits per heavy atom. The molecule has 2 rings (SSSR count). The number of aliphatic hydroxyl groups is 1. The van der Waals surface area contributed by atoms with Crippen molar-refractivity contribution in [2.45, 2.75) is 19.4 Å². The average Bonchev–Trinajstić information content (AvgIpc) is 2.77. The van der Waals surface area contributed by atoms with Crippen molar-refractivity contribution in [3.63, 3.8) is 0 Å². The van der Waals surface area contributed by atoms with Gasteiger partial charge in [0.1, 0.15) is 11.4 Å². The lowest BCUT2D eigenvalue weighted by Gasteiger charge is -2.10.